The number of esters is 1. The Balaban J connectivity index is 1.86. The van der Waals surface area contributed by atoms with Crippen LogP contribution in [0.15, 0.2) is 42.5 Å². The largest absolute Gasteiger partial charge is 0.488 e. The highest BCUT2D eigenvalue weighted by molar-refractivity contribution is 6.10. The quantitative estimate of drug-likeness (QED) is 0.0512. The van der Waals surface area contributed by atoms with Gasteiger partial charge in [-0.15, -0.1) is 0 Å². The number of unbranched alkanes of at least 4 members (excludes halogenated alkanes) is 5. The van der Waals surface area contributed by atoms with Crippen LogP contribution < -0.4 is 4.74 Å². The van der Waals surface area contributed by atoms with Crippen LogP contribution in [0.25, 0.3) is 10.9 Å². The number of carboxylic acid groups (broad SMARTS) is 1. The van der Waals surface area contributed by atoms with E-state index in [0.29, 0.717) is 47.5 Å². The number of aromatic nitrogens is 1. The van der Waals surface area contributed by atoms with E-state index in [0.717, 1.165) is 6.42 Å². The summed E-state index contributed by atoms with van der Waals surface area (Å²) in [7, 11) is 1.31. The first-order valence-corrected chi connectivity index (χ1v) is 16.6. The molecule has 3 aromatic rings. The van der Waals surface area contributed by atoms with Gasteiger partial charge in [-0.1, -0.05) is 51.2 Å². The highest BCUT2D eigenvalue weighted by Gasteiger charge is 2.36. The summed E-state index contributed by atoms with van der Waals surface area (Å²) in [6.45, 7) is 8.87. The average molecular weight is 638 g/mol. The summed E-state index contributed by atoms with van der Waals surface area (Å²) in [5.41, 5.74) is 3.12. The van der Waals surface area contributed by atoms with Crippen molar-refractivity contribution in [1.29, 1.82) is 0 Å². The smallest absolute Gasteiger partial charge is 0.335 e. The molecule has 0 bridgehead atoms. The fraction of sp³-hybridized carbons (Fsp3) is 0.541. The number of nitrogens with zero attached hydrogens (tertiary/aromatic N) is 1. The molecule has 0 fully saturated rings. The van der Waals surface area contributed by atoms with Gasteiger partial charge in [-0.05, 0) is 75.9 Å². The van der Waals surface area contributed by atoms with Crippen molar-refractivity contribution in [3.63, 3.8) is 0 Å². The van der Waals surface area contributed by atoms with Gasteiger partial charge in [0.2, 0.25) is 5.79 Å². The number of ether oxygens (including phenoxy) is 4. The number of carbonyl (C=O) groups excluding carboxylic acids is 2. The maximum absolute atomic E-state index is 13.5. The lowest BCUT2D eigenvalue weighted by Crippen LogP contribution is -2.46. The Bertz CT molecular complexity index is 1420. The van der Waals surface area contributed by atoms with Gasteiger partial charge in [0.05, 0.1) is 19.2 Å². The maximum atomic E-state index is 13.5. The Labute approximate surface area is 273 Å². The summed E-state index contributed by atoms with van der Waals surface area (Å²) in [5, 5.41) is 10.2. The van der Waals surface area contributed by atoms with Gasteiger partial charge in [-0.25, -0.2) is 4.79 Å². The van der Waals surface area contributed by atoms with Gasteiger partial charge in [0.1, 0.15) is 12.4 Å². The molecule has 0 aliphatic heterocycles. The number of Topliss-reactive ketones (excluding diaryl/α,β-unsaturated/α-hetero) is 1. The standard InChI is InChI=1S/C37H51NO8/c1-6-9-10-11-12-13-15-28-18-21-30(22-19-28)44-26-37(45-7-2,46-8-3)25-38-27(4)35(33(39)16-14-17-34(40)43-5)31-24-29(36(41)42)20-23-32(31)38/h18-24H,6-17,25-26H2,1-5H3,(H,41,42). The van der Waals surface area contributed by atoms with Crippen molar-refractivity contribution in [3.05, 3.63) is 64.8 Å². The summed E-state index contributed by atoms with van der Waals surface area (Å²) < 4.78 is 25.4. The van der Waals surface area contributed by atoms with Gasteiger partial charge in [0.15, 0.2) is 5.78 Å². The molecule has 1 N–H and O–H groups in total. The van der Waals surface area contributed by atoms with Crippen LogP contribution in [0.1, 0.15) is 111 Å². The predicted molar refractivity (Wildman–Crippen MR) is 179 cm³/mol. The lowest BCUT2D eigenvalue weighted by atomic mass is 10.0. The third-order valence-electron chi connectivity index (χ3n) is 8.28. The second kappa shape index (κ2) is 18.5. The summed E-state index contributed by atoms with van der Waals surface area (Å²) in [4.78, 5) is 37.0. The molecule has 1 heterocycles. The summed E-state index contributed by atoms with van der Waals surface area (Å²) in [6, 6.07) is 12.9. The van der Waals surface area contributed by atoms with Crippen molar-refractivity contribution < 1.29 is 38.4 Å². The van der Waals surface area contributed by atoms with Crippen LogP contribution in [0.3, 0.4) is 0 Å². The fourth-order valence-electron chi connectivity index (χ4n) is 5.88. The van der Waals surface area contributed by atoms with E-state index < -0.39 is 11.8 Å². The predicted octanol–water partition coefficient (Wildman–Crippen LogP) is 7.93. The number of hydrogen-bond donors (Lipinski definition) is 1. The first kappa shape index (κ1) is 36.8. The van der Waals surface area contributed by atoms with Crippen molar-refractivity contribution in [2.75, 3.05) is 26.9 Å². The molecule has 3 rings (SSSR count). The normalized spacial score (nSPS) is 11.6. The van der Waals surface area contributed by atoms with E-state index in [9.17, 15) is 19.5 Å². The molecule has 0 unspecified atom stereocenters. The molecule has 0 aliphatic rings. The molecule has 1 aromatic heterocycles. The van der Waals surface area contributed by atoms with Crippen molar-refractivity contribution >= 4 is 28.6 Å². The van der Waals surface area contributed by atoms with Crippen molar-refractivity contribution in [2.24, 2.45) is 0 Å². The van der Waals surface area contributed by atoms with E-state index in [1.165, 1.54) is 63.3 Å². The van der Waals surface area contributed by atoms with E-state index in [-0.39, 0.29) is 43.3 Å². The monoisotopic (exact) mass is 637 g/mol. The van der Waals surface area contributed by atoms with E-state index >= 15 is 0 Å². The topological polar surface area (TPSA) is 113 Å². The lowest BCUT2D eigenvalue weighted by Gasteiger charge is -2.34. The second-order valence-electron chi connectivity index (χ2n) is 11.7. The molecule has 46 heavy (non-hydrogen) atoms. The Hall–Kier alpha value is -3.69. The molecular formula is C37H51NO8. The van der Waals surface area contributed by atoms with Gasteiger partial charge in [-0.3, -0.25) is 9.59 Å². The number of benzene rings is 2. The highest BCUT2D eigenvalue weighted by atomic mass is 16.7. The number of rotatable bonds is 22. The molecule has 0 saturated carbocycles. The number of fused-ring (bicyclic) bond motifs is 1. The molecule has 9 heteroatoms. The fourth-order valence-corrected chi connectivity index (χ4v) is 5.88. The van der Waals surface area contributed by atoms with Crippen molar-refractivity contribution in [3.8, 4) is 5.75 Å². The molecule has 2 aromatic carbocycles. The van der Waals surface area contributed by atoms with Gasteiger partial charge in [0, 0.05) is 48.2 Å². The van der Waals surface area contributed by atoms with Crippen LogP contribution in [-0.4, -0.2) is 60.1 Å². The van der Waals surface area contributed by atoms with Gasteiger partial charge < -0.3 is 28.6 Å². The minimum atomic E-state index is -1.19. The van der Waals surface area contributed by atoms with Gasteiger partial charge >= 0.3 is 11.9 Å². The molecule has 0 aliphatic carbocycles. The van der Waals surface area contributed by atoms with E-state index in [2.05, 4.69) is 19.1 Å². The number of carbonyl (C=O) groups is 3. The summed E-state index contributed by atoms with van der Waals surface area (Å²) in [5.74, 6) is -2.12. The van der Waals surface area contributed by atoms with Crippen LogP contribution in [0.4, 0.5) is 0 Å². The van der Waals surface area contributed by atoms with Crippen LogP contribution >= 0.6 is 0 Å². The highest BCUT2D eigenvalue weighted by Crippen LogP contribution is 2.32. The van der Waals surface area contributed by atoms with Gasteiger partial charge in [-0.2, -0.15) is 0 Å². The van der Waals surface area contributed by atoms with Crippen LogP contribution in [0.2, 0.25) is 0 Å². The molecule has 0 saturated heterocycles. The lowest BCUT2D eigenvalue weighted by molar-refractivity contribution is -0.254. The van der Waals surface area contributed by atoms with E-state index in [1.807, 2.05) is 37.5 Å². The number of methoxy groups -OCH3 is 1. The molecule has 0 atom stereocenters. The Morgan fingerprint density at radius 2 is 1.52 bits per heavy atom. The number of aromatic carboxylic acids is 1. The minimum Gasteiger partial charge on any atom is -0.488 e. The van der Waals surface area contributed by atoms with Crippen LogP contribution in [-0.2, 0) is 32.0 Å². The third kappa shape index (κ3) is 10.2. The van der Waals surface area contributed by atoms with Crippen LogP contribution in [0, 0.1) is 6.92 Å². The zero-order chi connectivity index (χ0) is 33.5. The Kier molecular flexibility index (Phi) is 14.8. The molecule has 0 spiro atoms. The molecule has 0 radical (unpaired) electrons. The zero-order valence-corrected chi connectivity index (χ0v) is 28.2. The first-order chi connectivity index (χ1) is 22.2. The second-order valence-corrected chi connectivity index (χ2v) is 11.7. The molecule has 9 nitrogen and oxygen atoms in total. The van der Waals surface area contributed by atoms with E-state index in [1.54, 1.807) is 6.07 Å². The molecule has 0 amide bonds. The molecular weight excluding hydrogens is 586 g/mol. The molecule has 252 valence electrons. The number of carboxylic acids is 1. The van der Waals surface area contributed by atoms with Crippen molar-refractivity contribution in [1.82, 2.24) is 4.57 Å². The number of aryl methyl sites for hydroxylation is 1. The van der Waals surface area contributed by atoms with Gasteiger partial charge in [0.25, 0.3) is 0 Å². The average Bonchev–Trinajstić information content (AvgIpc) is 3.32. The number of ketones is 1. The van der Waals surface area contributed by atoms with Crippen LogP contribution in [0.5, 0.6) is 5.75 Å². The zero-order valence-electron chi connectivity index (χ0n) is 28.2. The summed E-state index contributed by atoms with van der Waals surface area (Å²) in [6.07, 6.45) is 9.18. The maximum Gasteiger partial charge on any atom is 0.335 e. The number of hydrogen-bond acceptors (Lipinski definition) is 7. The first-order valence-electron chi connectivity index (χ1n) is 16.6. The van der Waals surface area contributed by atoms with E-state index in [4.69, 9.17) is 18.9 Å². The Morgan fingerprint density at radius 3 is 2.15 bits per heavy atom. The van der Waals surface area contributed by atoms with Crippen molar-refractivity contribution in [2.45, 2.75) is 104 Å². The minimum absolute atomic E-state index is 0.0809. The Morgan fingerprint density at radius 1 is 0.848 bits per heavy atom. The SMILES string of the molecule is CCCCCCCCc1ccc(OCC(Cn2c(C)c(C(=O)CCCC(=O)OC)c3cc(C(=O)O)ccc32)(OCC)OCC)cc1. The summed E-state index contributed by atoms with van der Waals surface area (Å²) >= 11 is 0. The third-order valence-corrected chi connectivity index (χ3v) is 8.28.